The smallest absolute Gasteiger partial charge is 0.146 e. The first kappa shape index (κ1) is 10.5. The van der Waals surface area contributed by atoms with Crippen molar-refractivity contribution in [3.63, 3.8) is 0 Å². The van der Waals surface area contributed by atoms with Crippen molar-refractivity contribution in [3.8, 4) is 0 Å². The number of rotatable bonds is 3. The molecule has 1 atom stereocenters. The molecule has 15 heavy (non-hydrogen) atoms. The molecule has 2 aromatic heterocycles. The van der Waals surface area contributed by atoms with E-state index in [1.165, 1.54) is 4.88 Å². The van der Waals surface area contributed by atoms with Crippen LogP contribution in [0.15, 0.2) is 28.9 Å². The van der Waals surface area contributed by atoms with Gasteiger partial charge in [-0.05, 0) is 37.1 Å². The van der Waals surface area contributed by atoms with Gasteiger partial charge in [-0.2, -0.15) is 0 Å². The molecule has 0 aliphatic rings. The fourth-order valence-corrected chi connectivity index (χ4v) is 2.46. The molecule has 0 aromatic carbocycles. The summed E-state index contributed by atoms with van der Waals surface area (Å²) in [6.45, 7) is 4.05. The molecule has 0 radical (unpaired) electrons. The largest absolute Gasteiger partial charge is 0.466 e. The number of aliphatic hydroxyl groups excluding tert-OH is 1. The highest BCUT2D eigenvalue weighted by Gasteiger charge is 2.17. The fraction of sp³-hybridized carbons (Fsp3) is 0.333. The molecule has 0 aliphatic heterocycles. The van der Waals surface area contributed by atoms with Gasteiger partial charge in [0.05, 0.1) is 6.26 Å². The van der Waals surface area contributed by atoms with Crippen LogP contribution in [0, 0.1) is 6.92 Å². The lowest BCUT2D eigenvalue weighted by molar-refractivity contribution is 0.192. The van der Waals surface area contributed by atoms with Crippen LogP contribution in [0.5, 0.6) is 0 Å². The summed E-state index contributed by atoms with van der Waals surface area (Å²) in [6, 6.07) is 5.89. The van der Waals surface area contributed by atoms with E-state index in [0.717, 1.165) is 16.9 Å². The minimum atomic E-state index is -0.620. The summed E-state index contributed by atoms with van der Waals surface area (Å²) in [7, 11) is 0. The summed E-state index contributed by atoms with van der Waals surface area (Å²) in [5.74, 6) is 0.652. The van der Waals surface area contributed by atoms with E-state index in [1.807, 2.05) is 19.1 Å². The molecule has 0 saturated heterocycles. The van der Waals surface area contributed by atoms with E-state index >= 15 is 0 Å². The first-order valence-corrected chi connectivity index (χ1v) is 5.84. The van der Waals surface area contributed by atoms with Crippen molar-refractivity contribution in [1.82, 2.24) is 0 Å². The maximum Gasteiger partial charge on any atom is 0.146 e. The van der Waals surface area contributed by atoms with Gasteiger partial charge in [-0.1, -0.05) is 6.92 Å². The number of hydrogen-bond donors (Lipinski definition) is 1. The van der Waals surface area contributed by atoms with Crippen LogP contribution in [-0.2, 0) is 6.42 Å². The molecule has 0 spiro atoms. The summed E-state index contributed by atoms with van der Waals surface area (Å²) in [4.78, 5) is 2.23. The summed E-state index contributed by atoms with van der Waals surface area (Å²) in [6.07, 6.45) is 2.00. The summed E-state index contributed by atoms with van der Waals surface area (Å²) in [5.41, 5.74) is 0.994. The van der Waals surface area contributed by atoms with Gasteiger partial charge in [0.15, 0.2) is 0 Å². The molecule has 0 amide bonds. The molecule has 2 aromatic rings. The molecule has 0 fully saturated rings. The SMILES string of the molecule is CCc1ccc(C(O)c2occc2C)s1. The molecule has 0 bridgehead atoms. The van der Waals surface area contributed by atoms with Crippen LogP contribution in [0.2, 0.25) is 0 Å². The third-order valence-corrected chi connectivity index (χ3v) is 3.73. The lowest BCUT2D eigenvalue weighted by Gasteiger charge is -2.05. The molecule has 80 valence electrons. The molecule has 0 aliphatic carbocycles. The Balaban J connectivity index is 2.28. The van der Waals surface area contributed by atoms with Gasteiger partial charge in [0.2, 0.25) is 0 Å². The monoisotopic (exact) mass is 222 g/mol. The van der Waals surface area contributed by atoms with Gasteiger partial charge in [-0.3, -0.25) is 0 Å². The topological polar surface area (TPSA) is 33.4 Å². The second-order valence-electron chi connectivity index (χ2n) is 3.53. The van der Waals surface area contributed by atoms with E-state index in [4.69, 9.17) is 4.42 Å². The molecule has 0 saturated carbocycles. The van der Waals surface area contributed by atoms with Gasteiger partial charge in [0, 0.05) is 9.75 Å². The zero-order chi connectivity index (χ0) is 10.8. The van der Waals surface area contributed by atoms with Gasteiger partial charge >= 0.3 is 0 Å². The Morgan fingerprint density at radius 1 is 1.40 bits per heavy atom. The zero-order valence-electron chi connectivity index (χ0n) is 8.86. The van der Waals surface area contributed by atoms with Crippen LogP contribution in [0.1, 0.15) is 34.1 Å². The Labute approximate surface area is 93.2 Å². The number of aliphatic hydroxyl groups is 1. The summed E-state index contributed by atoms with van der Waals surface area (Å²) in [5, 5.41) is 10.1. The highest BCUT2D eigenvalue weighted by molar-refractivity contribution is 7.12. The minimum absolute atomic E-state index is 0.620. The van der Waals surface area contributed by atoms with E-state index in [-0.39, 0.29) is 0 Å². The van der Waals surface area contributed by atoms with E-state index in [2.05, 4.69) is 13.0 Å². The predicted octanol–water partition coefficient (Wildman–Crippen LogP) is 3.29. The lowest BCUT2D eigenvalue weighted by atomic mass is 10.1. The van der Waals surface area contributed by atoms with Crippen LogP contribution in [0.4, 0.5) is 0 Å². The molecule has 2 rings (SSSR count). The normalized spacial score (nSPS) is 13.0. The van der Waals surface area contributed by atoms with Crippen molar-refractivity contribution in [2.45, 2.75) is 26.4 Å². The molecule has 1 unspecified atom stereocenters. The second-order valence-corrected chi connectivity index (χ2v) is 4.73. The number of thiophene rings is 1. The Bertz CT molecular complexity index is 442. The number of aryl methyl sites for hydroxylation is 2. The van der Waals surface area contributed by atoms with Gasteiger partial charge in [0.1, 0.15) is 11.9 Å². The van der Waals surface area contributed by atoms with E-state index < -0.39 is 6.10 Å². The predicted molar refractivity (Wildman–Crippen MR) is 61.2 cm³/mol. The van der Waals surface area contributed by atoms with Crippen molar-refractivity contribution in [1.29, 1.82) is 0 Å². The van der Waals surface area contributed by atoms with Gasteiger partial charge in [0.25, 0.3) is 0 Å². The second kappa shape index (κ2) is 4.21. The molecule has 1 N–H and O–H groups in total. The van der Waals surface area contributed by atoms with Crippen LogP contribution in [0.3, 0.4) is 0 Å². The minimum Gasteiger partial charge on any atom is -0.466 e. The average Bonchev–Trinajstić information content (AvgIpc) is 2.84. The molecular formula is C12H14O2S. The van der Waals surface area contributed by atoms with Gasteiger partial charge < -0.3 is 9.52 Å². The van der Waals surface area contributed by atoms with Crippen molar-refractivity contribution < 1.29 is 9.52 Å². The van der Waals surface area contributed by atoms with Crippen molar-refractivity contribution in [2.24, 2.45) is 0 Å². The molecule has 2 heterocycles. The third-order valence-electron chi connectivity index (χ3n) is 2.45. The lowest BCUT2D eigenvalue weighted by Crippen LogP contribution is -1.96. The van der Waals surface area contributed by atoms with Crippen LogP contribution in [0.25, 0.3) is 0 Å². The maximum absolute atomic E-state index is 10.1. The van der Waals surface area contributed by atoms with Crippen molar-refractivity contribution >= 4 is 11.3 Å². The van der Waals surface area contributed by atoms with Crippen LogP contribution < -0.4 is 0 Å². The standard InChI is InChI=1S/C12H14O2S/c1-3-9-4-5-10(15-9)11(13)12-8(2)6-7-14-12/h4-7,11,13H,3H2,1-2H3. The Morgan fingerprint density at radius 2 is 2.20 bits per heavy atom. The quantitative estimate of drug-likeness (QED) is 0.864. The fourth-order valence-electron chi connectivity index (χ4n) is 1.53. The average molecular weight is 222 g/mol. The Morgan fingerprint density at radius 3 is 2.73 bits per heavy atom. The summed E-state index contributed by atoms with van der Waals surface area (Å²) < 4.78 is 5.28. The maximum atomic E-state index is 10.1. The first-order valence-electron chi connectivity index (χ1n) is 5.03. The van der Waals surface area contributed by atoms with E-state index in [0.29, 0.717) is 5.76 Å². The van der Waals surface area contributed by atoms with Gasteiger partial charge in [-0.15, -0.1) is 11.3 Å². The number of furan rings is 1. The molecular weight excluding hydrogens is 208 g/mol. The Kier molecular flexibility index (Phi) is 2.93. The molecule has 2 nitrogen and oxygen atoms in total. The van der Waals surface area contributed by atoms with Gasteiger partial charge in [-0.25, -0.2) is 0 Å². The zero-order valence-corrected chi connectivity index (χ0v) is 9.67. The van der Waals surface area contributed by atoms with Crippen molar-refractivity contribution in [2.75, 3.05) is 0 Å². The Hall–Kier alpha value is -1.06. The first-order chi connectivity index (χ1) is 7.22. The van der Waals surface area contributed by atoms with E-state index in [9.17, 15) is 5.11 Å². The summed E-state index contributed by atoms with van der Waals surface area (Å²) >= 11 is 1.64. The highest BCUT2D eigenvalue weighted by atomic mass is 32.1. The van der Waals surface area contributed by atoms with Crippen LogP contribution in [-0.4, -0.2) is 5.11 Å². The van der Waals surface area contributed by atoms with Crippen molar-refractivity contribution in [3.05, 3.63) is 45.5 Å². The number of hydrogen-bond acceptors (Lipinski definition) is 3. The third kappa shape index (κ3) is 1.98. The van der Waals surface area contributed by atoms with Crippen LogP contribution >= 0.6 is 11.3 Å². The highest BCUT2D eigenvalue weighted by Crippen LogP contribution is 2.30. The van der Waals surface area contributed by atoms with E-state index in [1.54, 1.807) is 17.6 Å². The molecule has 3 heteroatoms.